The molecule has 1 fully saturated rings. The van der Waals surface area contributed by atoms with Crippen LogP contribution in [0.4, 0.5) is 0 Å². The lowest BCUT2D eigenvalue weighted by molar-refractivity contribution is 0.0779. The fraction of sp³-hybridized carbons (Fsp3) is 0.308. The number of pyridine rings is 1. The van der Waals surface area contributed by atoms with Gasteiger partial charge in [-0.3, -0.25) is 14.4 Å². The fourth-order valence-electron chi connectivity index (χ4n) is 4.23. The lowest BCUT2D eigenvalue weighted by atomic mass is 10.1. The van der Waals surface area contributed by atoms with Gasteiger partial charge in [-0.1, -0.05) is 54.4 Å². The second-order valence-corrected chi connectivity index (χ2v) is 8.51. The minimum absolute atomic E-state index is 0.0348. The summed E-state index contributed by atoms with van der Waals surface area (Å²) < 4.78 is 7.27. The topological polar surface area (TPSA) is 97.4 Å². The Balaban J connectivity index is 1.60. The number of benzene rings is 1. The molecule has 2 aromatic heterocycles. The van der Waals surface area contributed by atoms with Crippen LogP contribution >= 0.6 is 0 Å². The monoisotopic (exact) mass is 460 g/mol. The molecule has 8 heteroatoms. The van der Waals surface area contributed by atoms with Crippen LogP contribution < -0.4 is 10.7 Å². The minimum atomic E-state index is -0.585. The van der Waals surface area contributed by atoms with Crippen molar-refractivity contribution >= 4 is 11.8 Å². The van der Waals surface area contributed by atoms with E-state index < -0.39 is 17.2 Å². The number of nitrogens with one attached hydrogen (secondary N) is 1. The van der Waals surface area contributed by atoms with Crippen molar-refractivity contribution in [2.75, 3.05) is 13.6 Å². The Bertz CT molecular complexity index is 1240. The summed E-state index contributed by atoms with van der Waals surface area (Å²) >= 11 is 0. The van der Waals surface area contributed by atoms with Gasteiger partial charge in [0.2, 0.25) is 5.43 Å². The summed E-state index contributed by atoms with van der Waals surface area (Å²) in [6.07, 6.45) is 8.74. The van der Waals surface area contributed by atoms with E-state index in [1.54, 1.807) is 25.5 Å². The Hall–Kier alpha value is -3.94. The van der Waals surface area contributed by atoms with Gasteiger partial charge in [0.1, 0.15) is 16.8 Å². The highest BCUT2D eigenvalue weighted by Gasteiger charge is 2.25. The second kappa shape index (κ2) is 10.3. The van der Waals surface area contributed by atoms with Crippen molar-refractivity contribution in [2.45, 2.75) is 38.3 Å². The van der Waals surface area contributed by atoms with Crippen LogP contribution in [0.3, 0.4) is 0 Å². The molecule has 1 aromatic carbocycles. The first-order chi connectivity index (χ1) is 16.5. The van der Waals surface area contributed by atoms with Crippen molar-refractivity contribution < 1.29 is 14.1 Å². The summed E-state index contributed by atoms with van der Waals surface area (Å²) in [4.78, 5) is 40.5. The molecule has 176 valence electrons. The molecule has 0 spiro atoms. The maximum absolute atomic E-state index is 13.3. The first-order valence-corrected chi connectivity index (χ1v) is 11.4. The van der Waals surface area contributed by atoms with Crippen LogP contribution in [0.2, 0.25) is 0 Å². The van der Waals surface area contributed by atoms with Crippen LogP contribution in [0.5, 0.6) is 0 Å². The highest BCUT2D eigenvalue weighted by Crippen LogP contribution is 2.29. The van der Waals surface area contributed by atoms with Crippen molar-refractivity contribution in [2.24, 2.45) is 0 Å². The van der Waals surface area contributed by atoms with E-state index in [4.69, 9.17) is 4.52 Å². The molecule has 0 unspecified atom stereocenters. The molecule has 34 heavy (non-hydrogen) atoms. The van der Waals surface area contributed by atoms with E-state index in [0.717, 1.165) is 31.2 Å². The number of rotatable bonds is 8. The van der Waals surface area contributed by atoms with Crippen molar-refractivity contribution in [1.82, 2.24) is 19.9 Å². The van der Waals surface area contributed by atoms with E-state index in [1.807, 2.05) is 34.9 Å². The van der Waals surface area contributed by atoms with Crippen molar-refractivity contribution in [3.05, 3.63) is 88.5 Å². The lowest BCUT2D eigenvalue weighted by Gasteiger charge is -2.20. The van der Waals surface area contributed by atoms with E-state index >= 15 is 0 Å². The average molecular weight is 461 g/mol. The standard InChI is InChI=1S/C26H28N4O4/c1-3-13-27-25(32)21-16-30(20-11-7-8-12-20)17-22(24(21)31)26(33)29(2)15-19-14-23(34-28-19)18-9-5-4-6-10-18/h3-6,9-10,14,16-17,20H,1,7-8,11-13,15H2,2H3,(H,27,32). The summed E-state index contributed by atoms with van der Waals surface area (Å²) in [5.41, 5.74) is 0.782. The van der Waals surface area contributed by atoms with Gasteiger partial charge in [0.15, 0.2) is 5.76 Å². The molecule has 4 rings (SSSR count). The number of nitrogens with zero attached hydrogens (tertiary/aromatic N) is 3. The smallest absolute Gasteiger partial charge is 0.259 e. The summed E-state index contributed by atoms with van der Waals surface area (Å²) in [7, 11) is 1.60. The first-order valence-electron chi connectivity index (χ1n) is 11.4. The number of aromatic nitrogens is 2. The van der Waals surface area contributed by atoms with Crippen LogP contribution in [0.1, 0.15) is 58.1 Å². The third kappa shape index (κ3) is 5.01. The zero-order valence-corrected chi connectivity index (χ0v) is 19.2. The Morgan fingerprint density at radius 1 is 1.21 bits per heavy atom. The van der Waals surface area contributed by atoms with E-state index in [9.17, 15) is 14.4 Å². The van der Waals surface area contributed by atoms with Crippen LogP contribution in [0.15, 0.2) is 70.8 Å². The van der Waals surface area contributed by atoms with E-state index in [1.165, 1.54) is 11.0 Å². The van der Waals surface area contributed by atoms with Gasteiger partial charge in [0.05, 0.1) is 6.54 Å². The number of carbonyl (C=O) groups excluding carboxylic acids is 2. The Morgan fingerprint density at radius 2 is 1.91 bits per heavy atom. The van der Waals surface area contributed by atoms with Gasteiger partial charge in [-0.2, -0.15) is 0 Å². The van der Waals surface area contributed by atoms with Gasteiger partial charge in [-0.15, -0.1) is 6.58 Å². The Kier molecular flexibility index (Phi) is 7.06. The van der Waals surface area contributed by atoms with Gasteiger partial charge >= 0.3 is 0 Å². The predicted octanol–water partition coefficient (Wildman–Crippen LogP) is 3.81. The molecule has 1 N–H and O–H groups in total. The molecule has 0 bridgehead atoms. The fourth-order valence-corrected chi connectivity index (χ4v) is 4.23. The minimum Gasteiger partial charge on any atom is -0.356 e. The van der Waals surface area contributed by atoms with E-state index in [-0.39, 0.29) is 30.3 Å². The average Bonchev–Trinajstić information content (AvgIpc) is 3.55. The highest BCUT2D eigenvalue weighted by atomic mass is 16.5. The first kappa shape index (κ1) is 23.2. The third-order valence-electron chi connectivity index (χ3n) is 6.04. The number of amides is 2. The molecule has 0 atom stereocenters. The van der Waals surface area contributed by atoms with Gasteiger partial charge < -0.3 is 19.3 Å². The highest BCUT2D eigenvalue weighted by molar-refractivity contribution is 5.99. The van der Waals surface area contributed by atoms with Crippen LogP contribution in [0, 0.1) is 0 Å². The number of carbonyl (C=O) groups is 2. The van der Waals surface area contributed by atoms with Crippen molar-refractivity contribution in [3.63, 3.8) is 0 Å². The number of hydrogen-bond donors (Lipinski definition) is 1. The van der Waals surface area contributed by atoms with E-state index in [2.05, 4.69) is 17.1 Å². The lowest BCUT2D eigenvalue weighted by Crippen LogP contribution is -2.36. The molecule has 1 aliphatic rings. The summed E-state index contributed by atoms with van der Waals surface area (Å²) in [5.74, 6) is -0.391. The largest absolute Gasteiger partial charge is 0.356 e. The molecule has 0 saturated heterocycles. The summed E-state index contributed by atoms with van der Waals surface area (Å²) in [5, 5.41) is 6.71. The van der Waals surface area contributed by atoms with Crippen LogP contribution in [0.25, 0.3) is 11.3 Å². The summed E-state index contributed by atoms with van der Waals surface area (Å²) in [6, 6.07) is 11.5. The quantitative estimate of drug-likeness (QED) is 0.516. The zero-order valence-electron chi connectivity index (χ0n) is 19.2. The maximum Gasteiger partial charge on any atom is 0.259 e. The Morgan fingerprint density at radius 3 is 2.62 bits per heavy atom. The van der Waals surface area contributed by atoms with Crippen LogP contribution in [-0.2, 0) is 6.54 Å². The maximum atomic E-state index is 13.3. The van der Waals surface area contributed by atoms with Gasteiger partial charge in [0.25, 0.3) is 11.8 Å². The van der Waals surface area contributed by atoms with Gasteiger partial charge in [0, 0.05) is 43.7 Å². The number of hydrogen-bond acceptors (Lipinski definition) is 5. The zero-order chi connectivity index (χ0) is 24.1. The Labute approximate surface area is 197 Å². The third-order valence-corrected chi connectivity index (χ3v) is 6.04. The SMILES string of the molecule is C=CCNC(=O)c1cn(C2CCCC2)cc(C(=O)N(C)Cc2cc(-c3ccccc3)on2)c1=O. The molecular weight excluding hydrogens is 432 g/mol. The van der Waals surface area contributed by atoms with Crippen LogP contribution in [-0.4, -0.2) is 40.0 Å². The molecule has 1 aliphatic carbocycles. The normalized spacial score (nSPS) is 13.6. The molecule has 8 nitrogen and oxygen atoms in total. The molecule has 2 heterocycles. The van der Waals surface area contributed by atoms with Crippen molar-refractivity contribution in [1.29, 1.82) is 0 Å². The summed E-state index contributed by atoms with van der Waals surface area (Å²) in [6.45, 7) is 3.98. The van der Waals surface area contributed by atoms with Gasteiger partial charge in [-0.25, -0.2) is 0 Å². The molecule has 1 saturated carbocycles. The van der Waals surface area contributed by atoms with Gasteiger partial charge in [-0.05, 0) is 12.8 Å². The predicted molar refractivity (Wildman–Crippen MR) is 128 cm³/mol. The second-order valence-electron chi connectivity index (χ2n) is 8.51. The molecule has 0 radical (unpaired) electrons. The molecule has 3 aromatic rings. The van der Waals surface area contributed by atoms with Crippen molar-refractivity contribution in [3.8, 4) is 11.3 Å². The molecule has 0 aliphatic heterocycles. The molecular formula is C26H28N4O4. The van der Waals surface area contributed by atoms with E-state index in [0.29, 0.717) is 11.5 Å². The molecule has 2 amide bonds.